The average molecular weight is 377 g/mol. The predicted octanol–water partition coefficient (Wildman–Crippen LogP) is 1.83. The van der Waals surface area contributed by atoms with Crippen LogP contribution in [0.25, 0.3) is 0 Å². The fraction of sp³-hybridized carbons (Fsp3) is 0.762. The molecule has 0 aromatic rings. The van der Waals surface area contributed by atoms with Crippen LogP contribution in [0.15, 0.2) is 11.6 Å². The molecule has 3 fully saturated rings. The van der Waals surface area contributed by atoms with Gasteiger partial charge in [-0.15, -0.1) is 6.42 Å². The fourth-order valence-electron chi connectivity index (χ4n) is 4.52. The van der Waals surface area contributed by atoms with E-state index in [0.29, 0.717) is 6.54 Å². The molecule has 3 rings (SSSR count). The second kappa shape index (κ2) is 7.92. The molecule has 0 aromatic heterocycles. The number of esters is 1. The van der Waals surface area contributed by atoms with E-state index in [1.54, 1.807) is 7.11 Å². The number of nitrogens with one attached hydrogen (secondary N) is 1. The third-order valence-corrected chi connectivity index (χ3v) is 6.02. The summed E-state index contributed by atoms with van der Waals surface area (Å²) < 4.78 is 23.6. The van der Waals surface area contributed by atoms with Crippen LogP contribution in [0.4, 0.5) is 0 Å². The lowest BCUT2D eigenvalue weighted by molar-refractivity contribution is -0.170. The van der Waals surface area contributed by atoms with E-state index in [1.807, 2.05) is 0 Å². The summed E-state index contributed by atoms with van der Waals surface area (Å²) in [6.45, 7) is 7.47. The second-order valence-corrected chi connectivity index (χ2v) is 8.21. The summed E-state index contributed by atoms with van der Waals surface area (Å²) >= 11 is 0. The Morgan fingerprint density at radius 1 is 1.44 bits per heavy atom. The standard InChI is InChI=1S/C21H31NO5/c1-6-11-22-12-17(23)26-15-9-10-21(13-25-21)19(18(15)24-5)20(4)16(27-20)8-7-14(2)3/h1,7,15-16,18-19,22H,8-13H2,2-5H3. The summed E-state index contributed by atoms with van der Waals surface area (Å²) in [5, 5.41) is 2.87. The van der Waals surface area contributed by atoms with Gasteiger partial charge in [0.15, 0.2) is 0 Å². The third kappa shape index (κ3) is 4.22. The van der Waals surface area contributed by atoms with Crippen LogP contribution in [-0.4, -0.2) is 62.3 Å². The predicted molar refractivity (Wildman–Crippen MR) is 101 cm³/mol. The molecular formula is C21H31NO5. The molecule has 2 saturated heterocycles. The van der Waals surface area contributed by atoms with Gasteiger partial charge in [0.1, 0.15) is 23.4 Å². The maximum Gasteiger partial charge on any atom is 0.320 e. The molecule has 1 aliphatic carbocycles. The fourth-order valence-corrected chi connectivity index (χ4v) is 4.52. The minimum absolute atomic E-state index is 0.0378. The van der Waals surface area contributed by atoms with Gasteiger partial charge >= 0.3 is 5.97 Å². The lowest BCUT2D eigenvalue weighted by Gasteiger charge is -2.42. The number of allylic oxidation sites excluding steroid dienone is 1. The van der Waals surface area contributed by atoms with Crippen molar-refractivity contribution >= 4 is 5.97 Å². The van der Waals surface area contributed by atoms with Gasteiger partial charge in [0.2, 0.25) is 0 Å². The molecule has 6 unspecified atom stereocenters. The smallest absolute Gasteiger partial charge is 0.320 e. The molecule has 27 heavy (non-hydrogen) atoms. The summed E-state index contributed by atoms with van der Waals surface area (Å²) in [4.78, 5) is 12.2. The van der Waals surface area contributed by atoms with E-state index in [1.165, 1.54) is 5.57 Å². The topological polar surface area (TPSA) is 72.6 Å². The Bertz CT molecular complexity index is 631. The highest BCUT2D eigenvalue weighted by Gasteiger charge is 2.72. The van der Waals surface area contributed by atoms with Crippen LogP contribution in [0.5, 0.6) is 0 Å². The van der Waals surface area contributed by atoms with Gasteiger partial charge in [0.25, 0.3) is 0 Å². The van der Waals surface area contributed by atoms with Crippen LogP contribution in [0.1, 0.15) is 40.0 Å². The first-order chi connectivity index (χ1) is 12.9. The first kappa shape index (κ1) is 20.3. The molecule has 3 aliphatic rings. The quantitative estimate of drug-likeness (QED) is 0.229. The van der Waals surface area contributed by atoms with Crippen molar-refractivity contribution in [3.8, 4) is 12.3 Å². The van der Waals surface area contributed by atoms with Crippen molar-refractivity contribution in [2.24, 2.45) is 5.92 Å². The lowest BCUT2D eigenvalue weighted by atomic mass is 9.68. The molecule has 6 heteroatoms. The summed E-state index contributed by atoms with van der Waals surface area (Å²) in [7, 11) is 1.67. The lowest BCUT2D eigenvalue weighted by Crippen LogP contribution is -2.56. The number of epoxide rings is 2. The molecule has 2 aliphatic heterocycles. The monoisotopic (exact) mass is 377 g/mol. The minimum atomic E-state index is -0.323. The molecule has 0 amide bonds. The molecule has 1 saturated carbocycles. The molecular weight excluding hydrogens is 346 g/mol. The van der Waals surface area contributed by atoms with Gasteiger partial charge in [-0.05, 0) is 40.0 Å². The zero-order valence-electron chi connectivity index (χ0n) is 16.7. The van der Waals surface area contributed by atoms with Crippen molar-refractivity contribution in [1.82, 2.24) is 5.32 Å². The highest BCUT2D eigenvalue weighted by atomic mass is 16.6. The van der Waals surface area contributed by atoms with Gasteiger partial charge < -0.3 is 18.9 Å². The molecule has 1 spiro atoms. The highest BCUT2D eigenvalue weighted by molar-refractivity contribution is 5.72. The van der Waals surface area contributed by atoms with Crippen LogP contribution >= 0.6 is 0 Å². The molecule has 1 N–H and O–H groups in total. The molecule has 0 aromatic carbocycles. The maximum absolute atomic E-state index is 12.2. The largest absolute Gasteiger partial charge is 0.459 e. The van der Waals surface area contributed by atoms with E-state index < -0.39 is 0 Å². The van der Waals surface area contributed by atoms with Gasteiger partial charge in [0.05, 0.1) is 31.7 Å². The summed E-state index contributed by atoms with van der Waals surface area (Å²) in [6, 6.07) is 0. The van der Waals surface area contributed by atoms with Gasteiger partial charge in [-0.3, -0.25) is 10.1 Å². The van der Waals surface area contributed by atoms with Gasteiger partial charge in [0, 0.05) is 7.11 Å². The van der Waals surface area contributed by atoms with Crippen LogP contribution in [0.2, 0.25) is 0 Å². The van der Waals surface area contributed by atoms with Crippen LogP contribution in [0, 0.1) is 18.3 Å². The van der Waals surface area contributed by atoms with Crippen molar-refractivity contribution in [1.29, 1.82) is 0 Å². The Balaban J connectivity index is 1.69. The summed E-state index contributed by atoms with van der Waals surface area (Å²) in [5.74, 6) is 2.17. The zero-order valence-corrected chi connectivity index (χ0v) is 16.7. The number of hydrogen-bond acceptors (Lipinski definition) is 6. The second-order valence-electron chi connectivity index (χ2n) is 8.21. The molecule has 0 bridgehead atoms. The van der Waals surface area contributed by atoms with E-state index in [9.17, 15) is 4.79 Å². The number of carbonyl (C=O) groups is 1. The summed E-state index contributed by atoms with van der Waals surface area (Å²) in [6.07, 6.45) is 9.43. The van der Waals surface area contributed by atoms with Crippen molar-refractivity contribution in [2.75, 3.05) is 26.8 Å². The van der Waals surface area contributed by atoms with Gasteiger partial charge in [-0.25, -0.2) is 0 Å². The van der Waals surface area contributed by atoms with Crippen LogP contribution in [0.3, 0.4) is 0 Å². The van der Waals surface area contributed by atoms with Gasteiger partial charge in [-0.1, -0.05) is 17.6 Å². The van der Waals surface area contributed by atoms with Gasteiger partial charge in [-0.2, -0.15) is 0 Å². The number of carbonyl (C=O) groups excluding carboxylic acids is 1. The van der Waals surface area contributed by atoms with Crippen LogP contribution in [-0.2, 0) is 23.7 Å². The third-order valence-electron chi connectivity index (χ3n) is 6.02. The molecule has 2 heterocycles. The number of rotatable bonds is 8. The number of terminal acetylenes is 1. The first-order valence-corrected chi connectivity index (χ1v) is 9.68. The Hall–Kier alpha value is -1.39. The minimum Gasteiger partial charge on any atom is -0.459 e. The van der Waals surface area contributed by atoms with E-state index in [0.717, 1.165) is 25.9 Å². The average Bonchev–Trinajstić information content (AvgIpc) is 3.53. The number of ether oxygens (including phenoxy) is 4. The van der Waals surface area contributed by atoms with Crippen molar-refractivity contribution in [3.63, 3.8) is 0 Å². The van der Waals surface area contributed by atoms with Crippen molar-refractivity contribution < 1.29 is 23.7 Å². The van der Waals surface area contributed by atoms with Crippen LogP contribution < -0.4 is 5.32 Å². The van der Waals surface area contributed by atoms with E-state index >= 15 is 0 Å². The maximum atomic E-state index is 12.2. The first-order valence-electron chi connectivity index (χ1n) is 9.68. The van der Waals surface area contributed by atoms with E-state index in [-0.39, 0.29) is 47.9 Å². The molecule has 150 valence electrons. The molecule has 6 nitrogen and oxygen atoms in total. The Labute approximate surface area is 161 Å². The van der Waals surface area contributed by atoms with E-state index in [2.05, 4.69) is 38.1 Å². The number of methoxy groups -OCH3 is 1. The Morgan fingerprint density at radius 3 is 2.78 bits per heavy atom. The Kier molecular flexibility index (Phi) is 5.97. The highest BCUT2D eigenvalue weighted by Crippen LogP contribution is 2.59. The Morgan fingerprint density at radius 2 is 2.19 bits per heavy atom. The summed E-state index contributed by atoms with van der Waals surface area (Å²) in [5.41, 5.74) is 0.749. The van der Waals surface area contributed by atoms with Crippen molar-refractivity contribution in [3.05, 3.63) is 11.6 Å². The zero-order chi connectivity index (χ0) is 19.7. The number of hydrogen-bond donors (Lipinski definition) is 1. The SMILES string of the molecule is C#CCNCC(=O)OC1CCC2(CO2)C(C2(C)OC2CC=C(C)C)C1OC. The molecule has 0 radical (unpaired) electrons. The molecule has 6 atom stereocenters. The van der Waals surface area contributed by atoms with E-state index in [4.69, 9.17) is 25.4 Å². The normalized spacial score (nSPS) is 39.5. The van der Waals surface area contributed by atoms with Crippen molar-refractivity contribution in [2.45, 2.75) is 69.5 Å².